The topological polar surface area (TPSA) is 97.5 Å². The van der Waals surface area contributed by atoms with Crippen LogP contribution < -0.4 is 0 Å². The van der Waals surface area contributed by atoms with Gasteiger partial charge in [-0.3, -0.25) is 14.7 Å². The van der Waals surface area contributed by atoms with Crippen LogP contribution in [0.4, 0.5) is 5.69 Å². The molecule has 0 bridgehead atoms. The average molecular weight is 279 g/mol. The molecule has 0 saturated carbocycles. The van der Waals surface area contributed by atoms with Gasteiger partial charge in [0.25, 0.3) is 15.8 Å². The van der Waals surface area contributed by atoms with E-state index in [9.17, 15) is 23.1 Å². The second kappa shape index (κ2) is 3.75. The largest absolute Gasteiger partial charge is 0.294 e. The summed E-state index contributed by atoms with van der Waals surface area (Å²) in [4.78, 5) is 10.3. The number of nitro groups is 1. The third kappa shape index (κ3) is 1.70. The zero-order chi connectivity index (χ0) is 13.8. The van der Waals surface area contributed by atoms with Crippen molar-refractivity contribution in [3.8, 4) is 0 Å². The van der Waals surface area contributed by atoms with E-state index in [0.717, 1.165) is 5.56 Å². The highest BCUT2D eigenvalue weighted by molar-refractivity contribution is 7.85. The Hall–Kier alpha value is -1.99. The van der Waals surface area contributed by atoms with Crippen molar-refractivity contribution in [1.29, 1.82) is 0 Å². The van der Waals surface area contributed by atoms with E-state index < -0.39 is 15.0 Å². The molecule has 2 aromatic carbocycles. The molecule has 0 unspecified atom stereocenters. The number of aryl methyl sites for hydroxylation is 2. The maximum atomic E-state index is 11.3. The van der Waals surface area contributed by atoms with Crippen molar-refractivity contribution in [3.05, 3.63) is 45.5 Å². The van der Waals surface area contributed by atoms with Gasteiger partial charge in [0.15, 0.2) is 0 Å². The molecule has 0 atom stereocenters. The lowest BCUT2D eigenvalue weighted by molar-refractivity contribution is -0.383. The number of hydrogen-bond acceptors (Lipinski definition) is 4. The number of rotatable bonds is 2. The van der Waals surface area contributed by atoms with Crippen molar-refractivity contribution in [2.75, 3.05) is 0 Å². The first-order valence-electron chi connectivity index (χ1n) is 5.59. The molecule has 0 heterocycles. The van der Waals surface area contributed by atoms with Gasteiger partial charge in [-0.2, -0.15) is 8.42 Å². The first-order chi connectivity index (χ1) is 8.89. The maximum Gasteiger partial charge on any atom is 0.294 e. The monoisotopic (exact) mass is 279 g/mol. The predicted octanol–water partition coefficient (Wildman–Crippen LogP) is 2.09. The zero-order valence-corrected chi connectivity index (χ0v) is 10.5. The average Bonchev–Trinajstić information content (AvgIpc) is 2.73. The predicted molar refractivity (Wildman–Crippen MR) is 67.8 cm³/mol. The lowest BCUT2D eigenvalue weighted by Crippen LogP contribution is -2.02. The van der Waals surface area contributed by atoms with Gasteiger partial charge >= 0.3 is 0 Å². The molecule has 1 aliphatic carbocycles. The van der Waals surface area contributed by atoms with Crippen LogP contribution in [0.15, 0.2) is 29.2 Å². The van der Waals surface area contributed by atoms with Crippen LogP contribution in [0.3, 0.4) is 0 Å². The molecule has 1 N–H and O–H groups in total. The molecule has 3 rings (SSSR count). The Morgan fingerprint density at radius 2 is 1.89 bits per heavy atom. The Kier molecular flexibility index (Phi) is 2.38. The molecule has 1 aliphatic rings. The Morgan fingerprint density at radius 1 is 1.16 bits per heavy atom. The molecule has 0 aliphatic heterocycles. The molecule has 2 aromatic rings. The Balaban J connectivity index is 2.48. The van der Waals surface area contributed by atoms with Gasteiger partial charge in [0.05, 0.1) is 15.2 Å². The highest BCUT2D eigenvalue weighted by Crippen LogP contribution is 2.38. The van der Waals surface area contributed by atoms with Crippen molar-refractivity contribution in [1.82, 2.24) is 0 Å². The molecule has 0 fully saturated rings. The summed E-state index contributed by atoms with van der Waals surface area (Å²) in [6, 6.07) is 5.69. The van der Waals surface area contributed by atoms with Crippen molar-refractivity contribution < 1.29 is 17.9 Å². The van der Waals surface area contributed by atoms with Gasteiger partial charge in [0.2, 0.25) is 0 Å². The van der Waals surface area contributed by atoms with Gasteiger partial charge in [-0.25, -0.2) is 0 Å². The molecule has 6 nitrogen and oxygen atoms in total. The van der Waals surface area contributed by atoms with Gasteiger partial charge in [-0.1, -0.05) is 6.07 Å². The molecular formula is C12H9NO5S. The van der Waals surface area contributed by atoms with Gasteiger partial charge in [0, 0.05) is 6.07 Å². The highest BCUT2D eigenvalue weighted by Gasteiger charge is 2.26. The van der Waals surface area contributed by atoms with Crippen molar-refractivity contribution in [3.63, 3.8) is 0 Å². The van der Waals surface area contributed by atoms with E-state index in [4.69, 9.17) is 0 Å². The Morgan fingerprint density at radius 3 is 2.53 bits per heavy atom. The van der Waals surface area contributed by atoms with Crippen LogP contribution in [0.2, 0.25) is 0 Å². The maximum absolute atomic E-state index is 11.3. The van der Waals surface area contributed by atoms with Crippen LogP contribution in [-0.4, -0.2) is 17.9 Å². The molecule has 19 heavy (non-hydrogen) atoms. The van der Waals surface area contributed by atoms with Crippen molar-refractivity contribution >= 4 is 26.6 Å². The van der Waals surface area contributed by atoms with E-state index in [1.54, 1.807) is 6.07 Å². The molecule has 0 amide bonds. The normalized spacial score (nSPS) is 13.9. The number of nitrogens with zero attached hydrogens (tertiary/aromatic N) is 1. The number of non-ortho nitro benzene ring substituents is 1. The second-order valence-electron chi connectivity index (χ2n) is 4.44. The zero-order valence-electron chi connectivity index (χ0n) is 9.66. The summed E-state index contributed by atoms with van der Waals surface area (Å²) >= 11 is 0. The minimum Gasteiger partial charge on any atom is -0.282 e. The minimum atomic E-state index is -4.31. The fraction of sp³-hybridized carbons (Fsp3) is 0.167. The van der Waals surface area contributed by atoms with Crippen LogP contribution >= 0.6 is 0 Å². The van der Waals surface area contributed by atoms with E-state index >= 15 is 0 Å². The molecule has 0 saturated heterocycles. The molecule has 0 aromatic heterocycles. The van der Waals surface area contributed by atoms with E-state index in [1.807, 2.05) is 0 Å². The lowest BCUT2D eigenvalue weighted by atomic mass is 10.0. The standard InChI is InChI=1S/C12H9NO5S/c14-13(15)10-5-2-7-1-3-9-11(19(16,17)18)6-4-8(10)12(7)9/h2,4-6H,1,3H2,(H,16,17,18). The minimum absolute atomic E-state index is 0.0520. The SMILES string of the molecule is O=[N+]([O-])c1ccc2c3c(c(S(=O)(=O)O)ccc13)CC2. The highest BCUT2D eigenvalue weighted by atomic mass is 32.2. The van der Waals surface area contributed by atoms with Crippen LogP contribution in [0.1, 0.15) is 11.1 Å². The number of hydrogen-bond donors (Lipinski definition) is 1. The van der Waals surface area contributed by atoms with Crippen LogP contribution in [0.25, 0.3) is 10.8 Å². The first kappa shape index (κ1) is 12.1. The summed E-state index contributed by atoms with van der Waals surface area (Å²) in [6.45, 7) is 0. The molecular weight excluding hydrogens is 270 g/mol. The summed E-state index contributed by atoms with van der Waals surface area (Å²) in [5, 5.41) is 12.0. The summed E-state index contributed by atoms with van der Waals surface area (Å²) < 4.78 is 31.8. The number of benzene rings is 2. The van der Waals surface area contributed by atoms with Crippen LogP contribution in [0.5, 0.6) is 0 Å². The lowest BCUT2D eigenvalue weighted by Gasteiger charge is -2.06. The van der Waals surface area contributed by atoms with E-state index in [0.29, 0.717) is 29.2 Å². The smallest absolute Gasteiger partial charge is 0.282 e. The molecule has 7 heteroatoms. The van der Waals surface area contributed by atoms with E-state index in [1.165, 1.54) is 18.2 Å². The quantitative estimate of drug-likeness (QED) is 0.515. The van der Waals surface area contributed by atoms with Crippen LogP contribution in [0, 0.1) is 10.1 Å². The Bertz CT molecular complexity index is 826. The van der Waals surface area contributed by atoms with Gasteiger partial charge in [-0.05, 0) is 41.5 Å². The fourth-order valence-electron chi connectivity index (χ4n) is 2.68. The van der Waals surface area contributed by atoms with Gasteiger partial charge in [0.1, 0.15) is 0 Å². The number of nitro benzene ring substituents is 1. The first-order valence-corrected chi connectivity index (χ1v) is 7.03. The summed E-state index contributed by atoms with van der Waals surface area (Å²) in [5.41, 5.74) is 1.29. The van der Waals surface area contributed by atoms with Gasteiger partial charge < -0.3 is 0 Å². The third-order valence-electron chi connectivity index (χ3n) is 3.43. The van der Waals surface area contributed by atoms with Crippen molar-refractivity contribution in [2.45, 2.75) is 17.7 Å². The third-order valence-corrected chi connectivity index (χ3v) is 4.37. The van der Waals surface area contributed by atoms with Crippen molar-refractivity contribution in [2.24, 2.45) is 0 Å². The van der Waals surface area contributed by atoms with Gasteiger partial charge in [-0.15, -0.1) is 0 Å². The van der Waals surface area contributed by atoms with E-state index in [-0.39, 0.29) is 10.6 Å². The van der Waals surface area contributed by atoms with E-state index in [2.05, 4.69) is 0 Å². The summed E-state index contributed by atoms with van der Waals surface area (Å²) in [7, 11) is -4.31. The molecule has 98 valence electrons. The Labute approximate surface area is 108 Å². The fourth-order valence-corrected chi connectivity index (χ4v) is 3.43. The molecule has 0 radical (unpaired) electrons. The summed E-state index contributed by atoms with van der Waals surface area (Å²) in [6.07, 6.45) is 1.08. The van der Waals surface area contributed by atoms with Crippen LogP contribution in [-0.2, 0) is 23.0 Å². The summed E-state index contributed by atoms with van der Waals surface area (Å²) in [5.74, 6) is 0. The molecule has 0 spiro atoms. The second-order valence-corrected chi connectivity index (χ2v) is 5.83.